The van der Waals surface area contributed by atoms with E-state index >= 15 is 0 Å². The number of rotatable bonds is 2. The van der Waals surface area contributed by atoms with Gasteiger partial charge >= 0.3 is 0 Å². The molecule has 0 amide bonds. The highest BCUT2D eigenvalue weighted by atomic mass is 35.5. The van der Waals surface area contributed by atoms with Gasteiger partial charge in [-0.25, -0.2) is 0 Å². The molecule has 3 heteroatoms. The predicted octanol–water partition coefficient (Wildman–Crippen LogP) is 1.26. The van der Waals surface area contributed by atoms with Crippen molar-refractivity contribution in [2.24, 2.45) is 0 Å². The lowest BCUT2D eigenvalue weighted by molar-refractivity contribution is 0.352. The van der Waals surface area contributed by atoms with Crippen molar-refractivity contribution in [3.05, 3.63) is 0 Å². The van der Waals surface area contributed by atoms with Gasteiger partial charge in [0.2, 0.25) is 0 Å². The number of hydrazine groups is 1. The van der Waals surface area contributed by atoms with E-state index in [0.717, 1.165) is 6.42 Å². The van der Waals surface area contributed by atoms with Crippen LogP contribution in [0.3, 0.4) is 0 Å². The van der Waals surface area contributed by atoms with Crippen LogP contribution in [0.4, 0.5) is 0 Å². The van der Waals surface area contributed by atoms with Gasteiger partial charge in [-0.1, -0.05) is 6.42 Å². The van der Waals surface area contributed by atoms with Crippen molar-refractivity contribution in [1.29, 1.82) is 0 Å². The molecule has 1 aliphatic rings. The normalized spacial score (nSPS) is 34.2. The Bertz CT molecular complexity index is 95.6. The molecular formula is C7H15ClN2. The quantitative estimate of drug-likeness (QED) is 0.472. The smallest absolute Gasteiger partial charge is 0.0351 e. The minimum Gasteiger partial charge on any atom is -0.261 e. The number of nitrogens with one attached hydrogen (secondary N) is 2. The molecule has 0 saturated heterocycles. The average molecular weight is 163 g/mol. The van der Waals surface area contributed by atoms with E-state index < -0.39 is 0 Å². The van der Waals surface area contributed by atoms with Crippen LogP contribution < -0.4 is 10.9 Å². The predicted molar refractivity (Wildman–Crippen MR) is 44.1 cm³/mol. The Kier molecular flexibility index (Phi) is 3.46. The molecule has 10 heavy (non-hydrogen) atoms. The van der Waals surface area contributed by atoms with Crippen LogP contribution in [-0.2, 0) is 0 Å². The Morgan fingerprint density at radius 3 is 2.80 bits per heavy atom. The second-order valence-electron chi connectivity index (χ2n) is 2.86. The van der Waals surface area contributed by atoms with E-state index in [2.05, 4.69) is 10.9 Å². The maximum absolute atomic E-state index is 5.98. The molecule has 2 atom stereocenters. The summed E-state index contributed by atoms with van der Waals surface area (Å²) in [4.78, 5) is 0. The van der Waals surface area contributed by atoms with Gasteiger partial charge in [-0.2, -0.15) is 0 Å². The van der Waals surface area contributed by atoms with Crippen molar-refractivity contribution < 1.29 is 0 Å². The molecule has 1 saturated carbocycles. The molecule has 0 spiro atoms. The van der Waals surface area contributed by atoms with Crippen molar-refractivity contribution in [2.75, 3.05) is 7.05 Å². The van der Waals surface area contributed by atoms with Gasteiger partial charge in [0.15, 0.2) is 0 Å². The zero-order valence-corrected chi connectivity index (χ0v) is 7.12. The molecule has 1 aliphatic carbocycles. The molecule has 0 aromatic carbocycles. The van der Waals surface area contributed by atoms with E-state index in [4.69, 9.17) is 11.6 Å². The Morgan fingerprint density at radius 2 is 2.20 bits per heavy atom. The van der Waals surface area contributed by atoms with Gasteiger partial charge in [0.05, 0.1) is 0 Å². The minimum atomic E-state index is 0.389. The van der Waals surface area contributed by atoms with Crippen LogP contribution >= 0.6 is 11.6 Å². The molecule has 60 valence electrons. The minimum absolute atomic E-state index is 0.389. The SMILES string of the molecule is CNNC1CCCC(Cl)C1. The van der Waals surface area contributed by atoms with Gasteiger partial charge in [0.25, 0.3) is 0 Å². The molecular weight excluding hydrogens is 148 g/mol. The molecule has 1 rings (SSSR count). The number of hydrogen-bond acceptors (Lipinski definition) is 2. The summed E-state index contributed by atoms with van der Waals surface area (Å²) in [5.41, 5.74) is 6.13. The van der Waals surface area contributed by atoms with E-state index in [9.17, 15) is 0 Å². The lowest BCUT2D eigenvalue weighted by Crippen LogP contribution is -2.41. The molecule has 0 radical (unpaired) electrons. The summed E-state index contributed by atoms with van der Waals surface area (Å²) in [5.74, 6) is 0. The first-order valence-corrected chi connectivity index (χ1v) is 4.33. The summed E-state index contributed by atoms with van der Waals surface area (Å²) in [5, 5.41) is 0.389. The van der Waals surface area contributed by atoms with Crippen LogP contribution in [0.25, 0.3) is 0 Å². The zero-order chi connectivity index (χ0) is 7.40. The topological polar surface area (TPSA) is 24.1 Å². The molecule has 0 heterocycles. The van der Waals surface area contributed by atoms with Gasteiger partial charge in [-0.15, -0.1) is 11.6 Å². The fraction of sp³-hybridized carbons (Fsp3) is 1.00. The van der Waals surface area contributed by atoms with Crippen LogP contribution in [0.15, 0.2) is 0 Å². The van der Waals surface area contributed by atoms with Gasteiger partial charge < -0.3 is 0 Å². The Morgan fingerprint density at radius 1 is 1.40 bits per heavy atom. The van der Waals surface area contributed by atoms with Crippen molar-refractivity contribution in [3.63, 3.8) is 0 Å². The van der Waals surface area contributed by atoms with Crippen molar-refractivity contribution in [2.45, 2.75) is 37.1 Å². The third-order valence-electron chi connectivity index (χ3n) is 1.96. The summed E-state index contributed by atoms with van der Waals surface area (Å²) in [6.07, 6.45) is 4.80. The number of hydrogen-bond donors (Lipinski definition) is 2. The van der Waals surface area contributed by atoms with E-state index in [1.807, 2.05) is 7.05 Å². The maximum Gasteiger partial charge on any atom is 0.0351 e. The average Bonchev–Trinajstić information content (AvgIpc) is 1.88. The molecule has 2 unspecified atom stereocenters. The Hall–Kier alpha value is 0.210. The van der Waals surface area contributed by atoms with Gasteiger partial charge in [-0.05, 0) is 26.3 Å². The van der Waals surface area contributed by atoms with Gasteiger partial charge in [-0.3, -0.25) is 10.9 Å². The molecule has 2 N–H and O–H groups in total. The highest BCUT2D eigenvalue weighted by molar-refractivity contribution is 6.20. The summed E-state index contributed by atoms with van der Waals surface area (Å²) >= 11 is 5.98. The lowest BCUT2D eigenvalue weighted by atomic mass is 9.96. The monoisotopic (exact) mass is 162 g/mol. The van der Waals surface area contributed by atoms with Crippen molar-refractivity contribution >= 4 is 11.6 Å². The van der Waals surface area contributed by atoms with Crippen LogP contribution in [-0.4, -0.2) is 18.5 Å². The largest absolute Gasteiger partial charge is 0.261 e. The first kappa shape index (κ1) is 8.31. The van der Waals surface area contributed by atoms with Crippen LogP contribution in [0.5, 0.6) is 0 Å². The fourth-order valence-corrected chi connectivity index (χ4v) is 1.83. The van der Waals surface area contributed by atoms with Crippen molar-refractivity contribution in [1.82, 2.24) is 10.9 Å². The summed E-state index contributed by atoms with van der Waals surface area (Å²) in [6, 6.07) is 0.584. The standard InChI is InChI=1S/C7H15ClN2/c1-9-10-7-4-2-3-6(8)5-7/h6-7,9-10H,2-5H2,1H3. The third-order valence-corrected chi connectivity index (χ3v) is 2.36. The Balaban J connectivity index is 2.18. The molecule has 0 aliphatic heterocycles. The maximum atomic E-state index is 5.98. The third kappa shape index (κ3) is 2.45. The fourth-order valence-electron chi connectivity index (χ4n) is 1.47. The zero-order valence-electron chi connectivity index (χ0n) is 6.36. The second-order valence-corrected chi connectivity index (χ2v) is 3.47. The van der Waals surface area contributed by atoms with E-state index in [1.54, 1.807) is 0 Å². The van der Waals surface area contributed by atoms with E-state index in [0.29, 0.717) is 11.4 Å². The highest BCUT2D eigenvalue weighted by Gasteiger charge is 2.18. The first-order valence-electron chi connectivity index (χ1n) is 3.89. The van der Waals surface area contributed by atoms with Crippen LogP contribution in [0.2, 0.25) is 0 Å². The molecule has 2 nitrogen and oxygen atoms in total. The lowest BCUT2D eigenvalue weighted by Gasteiger charge is -2.25. The summed E-state index contributed by atoms with van der Waals surface area (Å²) < 4.78 is 0. The Labute approximate surface area is 67.3 Å². The number of alkyl halides is 1. The summed E-state index contributed by atoms with van der Waals surface area (Å²) in [7, 11) is 1.90. The van der Waals surface area contributed by atoms with Gasteiger partial charge in [0.1, 0.15) is 0 Å². The second kappa shape index (κ2) is 4.16. The molecule has 0 aromatic heterocycles. The first-order chi connectivity index (χ1) is 4.83. The molecule has 0 aromatic rings. The van der Waals surface area contributed by atoms with Gasteiger partial charge in [0, 0.05) is 11.4 Å². The molecule has 0 bridgehead atoms. The van der Waals surface area contributed by atoms with E-state index in [-0.39, 0.29) is 0 Å². The van der Waals surface area contributed by atoms with Crippen LogP contribution in [0.1, 0.15) is 25.7 Å². The van der Waals surface area contributed by atoms with E-state index in [1.165, 1.54) is 19.3 Å². The highest BCUT2D eigenvalue weighted by Crippen LogP contribution is 2.22. The van der Waals surface area contributed by atoms with Crippen LogP contribution in [0, 0.1) is 0 Å². The number of halogens is 1. The van der Waals surface area contributed by atoms with Crippen molar-refractivity contribution in [3.8, 4) is 0 Å². The molecule has 1 fully saturated rings. The summed E-state index contributed by atoms with van der Waals surface area (Å²) in [6.45, 7) is 0.